The Bertz CT molecular complexity index is 987. The van der Waals surface area contributed by atoms with E-state index in [9.17, 15) is 9.59 Å². The summed E-state index contributed by atoms with van der Waals surface area (Å²) >= 11 is 7.54. The minimum absolute atomic E-state index is 0.161. The molecule has 4 nitrogen and oxygen atoms in total. The van der Waals surface area contributed by atoms with E-state index in [2.05, 4.69) is 17.3 Å². The van der Waals surface area contributed by atoms with Crippen LogP contribution in [0.2, 0.25) is 5.02 Å². The molecule has 2 amide bonds. The molecule has 2 aromatic carbocycles. The first-order valence-electron chi connectivity index (χ1n) is 9.24. The molecule has 5 rings (SSSR count). The number of fused-ring (bicyclic) bond motifs is 5. The Morgan fingerprint density at radius 3 is 2.29 bits per heavy atom. The van der Waals surface area contributed by atoms with Crippen LogP contribution < -0.4 is 0 Å². The summed E-state index contributed by atoms with van der Waals surface area (Å²) in [6, 6.07) is 15.4. The van der Waals surface area contributed by atoms with Gasteiger partial charge in [-0.05, 0) is 48.6 Å². The third-order valence-corrected chi connectivity index (χ3v) is 7.07. The molecule has 1 saturated carbocycles. The van der Waals surface area contributed by atoms with Gasteiger partial charge < -0.3 is 0 Å². The molecule has 2 aliphatic carbocycles. The van der Waals surface area contributed by atoms with Crippen molar-refractivity contribution in [3.63, 3.8) is 0 Å². The summed E-state index contributed by atoms with van der Waals surface area (Å²) in [5.74, 6) is -0.382. The van der Waals surface area contributed by atoms with E-state index in [1.807, 2.05) is 48.5 Å². The number of carbonyl (C=O) groups is 2. The lowest BCUT2D eigenvalue weighted by molar-refractivity contribution is -0.140. The number of hydrazone groups is 1. The molecule has 2 aromatic rings. The van der Waals surface area contributed by atoms with E-state index in [1.54, 1.807) is 18.0 Å². The van der Waals surface area contributed by atoms with Gasteiger partial charge in [0.1, 0.15) is 0 Å². The van der Waals surface area contributed by atoms with E-state index in [0.717, 1.165) is 26.8 Å². The average molecular weight is 409 g/mol. The van der Waals surface area contributed by atoms with Gasteiger partial charge in [-0.2, -0.15) is 10.1 Å². The molecule has 4 atom stereocenters. The maximum absolute atomic E-state index is 12.8. The number of hydrogen-bond donors (Lipinski definition) is 0. The molecule has 6 heteroatoms. The van der Waals surface area contributed by atoms with Gasteiger partial charge in [-0.1, -0.05) is 53.7 Å². The van der Waals surface area contributed by atoms with Crippen LogP contribution >= 0.6 is 23.4 Å². The number of nitrogens with zero attached hydrogens (tertiary/aromatic N) is 2. The highest BCUT2D eigenvalue weighted by Gasteiger charge is 2.59. The smallest absolute Gasteiger partial charge is 0.254 e. The molecule has 1 heterocycles. The van der Waals surface area contributed by atoms with Gasteiger partial charge in [-0.25, -0.2) is 0 Å². The molecule has 140 valence electrons. The van der Waals surface area contributed by atoms with Crippen molar-refractivity contribution in [3.8, 4) is 0 Å². The number of allylic oxidation sites excluding steroid dienone is 2. The predicted octanol–water partition coefficient (Wildman–Crippen LogP) is 4.63. The first kappa shape index (κ1) is 17.7. The maximum atomic E-state index is 12.8. The molecule has 0 spiro atoms. The van der Waals surface area contributed by atoms with Gasteiger partial charge in [0.2, 0.25) is 0 Å². The van der Waals surface area contributed by atoms with Crippen LogP contribution in [0.5, 0.6) is 0 Å². The van der Waals surface area contributed by atoms with Gasteiger partial charge in [0.25, 0.3) is 11.8 Å². The lowest BCUT2D eigenvalue weighted by Crippen LogP contribution is -2.28. The number of benzene rings is 2. The topological polar surface area (TPSA) is 49.7 Å². The van der Waals surface area contributed by atoms with Crippen molar-refractivity contribution in [1.29, 1.82) is 0 Å². The number of hydrogen-bond acceptors (Lipinski definition) is 4. The average Bonchev–Trinajstić information content (AvgIpc) is 3.38. The van der Waals surface area contributed by atoms with Crippen LogP contribution in [0.4, 0.5) is 0 Å². The summed E-state index contributed by atoms with van der Waals surface area (Å²) in [6.07, 6.45) is 6.71. The van der Waals surface area contributed by atoms with Gasteiger partial charge in [-0.15, -0.1) is 0 Å². The summed E-state index contributed by atoms with van der Waals surface area (Å²) in [6.45, 7) is 0. The molecule has 2 bridgehead atoms. The molecular formula is C22H17ClN2O2S. The van der Waals surface area contributed by atoms with Gasteiger partial charge in [-0.3, -0.25) is 9.59 Å². The quantitative estimate of drug-likeness (QED) is 0.421. The first-order chi connectivity index (χ1) is 13.6. The third kappa shape index (κ3) is 2.90. The van der Waals surface area contributed by atoms with Crippen LogP contribution in [0.1, 0.15) is 12.0 Å². The van der Waals surface area contributed by atoms with Crippen molar-refractivity contribution < 1.29 is 9.59 Å². The number of rotatable bonds is 4. The van der Waals surface area contributed by atoms with Crippen molar-refractivity contribution in [1.82, 2.24) is 5.01 Å². The van der Waals surface area contributed by atoms with Crippen LogP contribution in [0.3, 0.4) is 0 Å². The molecule has 1 saturated heterocycles. The third-order valence-electron chi connectivity index (χ3n) is 5.72. The standard InChI is InChI=1S/C22H17ClN2O2S/c23-16-7-9-17(10-8-16)28-18-4-2-1-3-15(18)12-24-25-21(26)19-13-5-6-14(11-13)20(19)22(25)27/h1-10,12-14,19-20H,11H2/t13-,14-,19-,20+/m0/s1. The van der Waals surface area contributed by atoms with E-state index in [1.165, 1.54) is 0 Å². The van der Waals surface area contributed by atoms with Crippen molar-refractivity contribution in [2.24, 2.45) is 28.8 Å². The lowest BCUT2D eigenvalue weighted by Gasteiger charge is -2.13. The van der Waals surface area contributed by atoms with Crippen molar-refractivity contribution in [3.05, 3.63) is 71.3 Å². The Balaban J connectivity index is 1.38. The summed E-state index contributed by atoms with van der Waals surface area (Å²) in [4.78, 5) is 27.6. The molecule has 0 radical (unpaired) electrons. The molecule has 3 aliphatic rings. The fraction of sp³-hybridized carbons (Fsp3) is 0.227. The van der Waals surface area contributed by atoms with Crippen LogP contribution in [0, 0.1) is 23.7 Å². The van der Waals surface area contributed by atoms with Gasteiger partial charge in [0.05, 0.1) is 18.1 Å². The Kier molecular flexibility index (Phi) is 4.37. The second kappa shape index (κ2) is 6.90. The highest BCUT2D eigenvalue weighted by atomic mass is 35.5. The number of imide groups is 1. The molecule has 0 N–H and O–H groups in total. The fourth-order valence-electron chi connectivity index (χ4n) is 4.43. The van der Waals surface area contributed by atoms with E-state index in [-0.39, 0.29) is 35.5 Å². The molecule has 0 aromatic heterocycles. The van der Waals surface area contributed by atoms with E-state index < -0.39 is 0 Å². The minimum atomic E-state index is -0.224. The lowest BCUT2D eigenvalue weighted by atomic mass is 9.85. The van der Waals surface area contributed by atoms with Crippen molar-refractivity contribution >= 4 is 41.4 Å². The SMILES string of the molecule is O=C1[C@@H]2[C@H](C(=O)N1N=Cc1ccccc1Sc1ccc(Cl)cc1)[C@H]1C=C[C@H]2C1. The van der Waals surface area contributed by atoms with Crippen molar-refractivity contribution in [2.75, 3.05) is 0 Å². The fourth-order valence-corrected chi connectivity index (χ4v) is 5.47. The summed E-state index contributed by atoms with van der Waals surface area (Å²) in [7, 11) is 0. The summed E-state index contributed by atoms with van der Waals surface area (Å²) in [5.41, 5.74) is 0.862. The maximum Gasteiger partial charge on any atom is 0.254 e. The summed E-state index contributed by atoms with van der Waals surface area (Å²) in [5, 5.41) is 6.08. The van der Waals surface area contributed by atoms with Gasteiger partial charge >= 0.3 is 0 Å². The predicted molar refractivity (Wildman–Crippen MR) is 109 cm³/mol. The minimum Gasteiger partial charge on any atom is -0.272 e. The second-order valence-electron chi connectivity index (χ2n) is 7.33. The van der Waals surface area contributed by atoms with Crippen LogP contribution in [-0.2, 0) is 9.59 Å². The molecule has 28 heavy (non-hydrogen) atoms. The van der Waals surface area contributed by atoms with E-state index in [4.69, 9.17) is 11.6 Å². The van der Waals surface area contributed by atoms with Gasteiger partial charge in [0.15, 0.2) is 0 Å². The van der Waals surface area contributed by atoms with E-state index in [0.29, 0.717) is 5.02 Å². The Morgan fingerprint density at radius 2 is 1.61 bits per heavy atom. The molecule has 1 aliphatic heterocycles. The highest BCUT2D eigenvalue weighted by Crippen LogP contribution is 2.52. The second-order valence-corrected chi connectivity index (χ2v) is 8.88. The number of halogens is 1. The Morgan fingerprint density at radius 1 is 0.964 bits per heavy atom. The Labute approximate surface area is 172 Å². The Hall–Kier alpha value is -2.37. The van der Waals surface area contributed by atoms with E-state index >= 15 is 0 Å². The molecular weight excluding hydrogens is 392 g/mol. The van der Waals surface area contributed by atoms with Crippen molar-refractivity contribution in [2.45, 2.75) is 16.2 Å². The number of amides is 2. The zero-order chi connectivity index (χ0) is 19.3. The number of carbonyl (C=O) groups excluding carboxylic acids is 2. The first-order valence-corrected chi connectivity index (χ1v) is 10.4. The normalized spacial score (nSPS) is 28.0. The largest absolute Gasteiger partial charge is 0.272 e. The molecule has 2 fully saturated rings. The zero-order valence-electron chi connectivity index (χ0n) is 14.9. The monoisotopic (exact) mass is 408 g/mol. The van der Waals surface area contributed by atoms with Crippen LogP contribution in [0.15, 0.2) is 75.6 Å². The highest BCUT2D eigenvalue weighted by molar-refractivity contribution is 7.99. The van der Waals surface area contributed by atoms with Gasteiger partial charge in [0, 0.05) is 20.4 Å². The van der Waals surface area contributed by atoms with Crippen LogP contribution in [-0.4, -0.2) is 23.0 Å². The summed E-state index contributed by atoms with van der Waals surface area (Å²) < 4.78 is 0. The van der Waals surface area contributed by atoms with Crippen LogP contribution in [0.25, 0.3) is 0 Å². The molecule has 0 unspecified atom stereocenters. The zero-order valence-corrected chi connectivity index (χ0v) is 16.4.